The minimum Gasteiger partial charge on any atom is -0.133 e. The molecule has 0 saturated heterocycles. The van der Waals surface area contributed by atoms with E-state index in [1.165, 1.54) is 0 Å². The smallest absolute Gasteiger partial charge is 0.133 e. The molecule has 3 rings (SSSR count). The molecule has 0 amide bonds. The molecule has 0 aromatic heterocycles. The van der Waals surface area contributed by atoms with E-state index in [-0.39, 0.29) is 0 Å². The van der Waals surface area contributed by atoms with Crippen LogP contribution in [0.3, 0.4) is 0 Å². The summed E-state index contributed by atoms with van der Waals surface area (Å²) in [5, 5.41) is 0. The van der Waals surface area contributed by atoms with Crippen molar-refractivity contribution in [3.05, 3.63) is 107 Å². The van der Waals surface area contributed by atoms with Gasteiger partial charge in [0.05, 0.1) is 0 Å². The van der Waals surface area contributed by atoms with E-state index in [4.69, 9.17) is 4.52 Å². The Balaban J connectivity index is 2.39. The first-order valence-corrected chi connectivity index (χ1v) is 9.36. The van der Waals surface area contributed by atoms with Crippen LogP contribution in [0.15, 0.2) is 84.9 Å². The Kier molecular flexibility index (Phi) is 5.40. The highest BCUT2D eigenvalue weighted by Gasteiger charge is 2.46. The van der Waals surface area contributed by atoms with E-state index < -0.39 is 13.9 Å². The molecule has 0 aliphatic carbocycles. The Morgan fingerprint density at radius 1 is 0.840 bits per heavy atom. The van der Waals surface area contributed by atoms with Gasteiger partial charge in [0.1, 0.15) is 0 Å². The van der Waals surface area contributed by atoms with Crippen molar-refractivity contribution in [2.45, 2.75) is 18.9 Å². The van der Waals surface area contributed by atoms with Crippen molar-refractivity contribution in [3.8, 4) is 0 Å². The second-order valence-corrected chi connectivity index (χ2v) is 6.41. The predicted molar refractivity (Wildman–Crippen MR) is 99.5 cm³/mol. The van der Waals surface area contributed by atoms with Gasteiger partial charge in [-0.05, 0) is 23.1 Å². The lowest BCUT2D eigenvalue weighted by Crippen LogP contribution is -2.32. The van der Waals surface area contributed by atoms with Crippen LogP contribution in [-0.2, 0) is 21.1 Å². The van der Waals surface area contributed by atoms with Gasteiger partial charge >= 0.3 is 8.25 Å². The lowest BCUT2D eigenvalue weighted by atomic mass is 9.78. The first-order valence-electron chi connectivity index (χ1n) is 8.23. The van der Waals surface area contributed by atoms with Gasteiger partial charge in [0.2, 0.25) is 5.60 Å². The molecular weight excluding hydrogens is 331 g/mol. The molecule has 0 heterocycles. The first-order chi connectivity index (χ1) is 12.2. The van der Waals surface area contributed by atoms with E-state index in [9.17, 15) is 9.46 Å². The Bertz CT molecular complexity index is 808. The van der Waals surface area contributed by atoms with Gasteiger partial charge in [0, 0.05) is 10.1 Å². The maximum Gasteiger partial charge on any atom is 0.696 e. The van der Waals surface area contributed by atoms with Crippen LogP contribution in [0.25, 0.3) is 0 Å². The minimum atomic E-state index is -2.83. The molecule has 3 aromatic carbocycles. The van der Waals surface area contributed by atoms with Crippen molar-refractivity contribution >= 4 is 8.25 Å². The Labute approximate surface area is 148 Å². The number of benzene rings is 3. The van der Waals surface area contributed by atoms with Gasteiger partial charge in [0.15, 0.2) is 0 Å². The third-order valence-electron chi connectivity index (χ3n) is 4.35. The normalized spacial score (nSPS) is 12.0. The predicted octanol–water partition coefficient (Wildman–Crippen LogP) is 5.21. The summed E-state index contributed by atoms with van der Waals surface area (Å²) in [7, 11) is -2.83. The molecule has 0 radical (unpaired) electrons. The summed E-state index contributed by atoms with van der Waals surface area (Å²) < 4.78 is 17.7. The van der Waals surface area contributed by atoms with E-state index in [1.807, 2.05) is 84.9 Å². The second-order valence-electron chi connectivity index (χ2n) is 5.75. The van der Waals surface area contributed by atoms with Crippen LogP contribution in [0.1, 0.15) is 29.2 Å². The summed E-state index contributed by atoms with van der Waals surface area (Å²) in [5.41, 5.74) is 2.45. The topological polar surface area (TPSA) is 46.5 Å². The molecule has 1 N–H and O–H groups in total. The summed E-state index contributed by atoms with van der Waals surface area (Å²) in [6, 6.07) is 27.1. The fourth-order valence-electron chi connectivity index (χ4n) is 3.27. The Morgan fingerprint density at radius 3 is 1.80 bits per heavy atom. The monoisotopic (exact) mass is 351 g/mol. The molecule has 3 aromatic rings. The Hall–Kier alpha value is -2.32. The first kappa shape index (κ1) is 17.5. The van der Waals surface area contributed by atoms with Gasteiger partial charge in [-0.25, -0.2) is 0 Å². The summed E-state index contributed by atoms with van der Waals surface area (Å²) in [5.74, 6) is 0. The van der Waals surface area contributed by atoms with Gasteiger partial charge in [-0.2, -0.15) is 0 Å². The number of hydrogen-bond donors (Lipinski definition) is 1. The molecule has 25 heavy (non-hydrogen) atoms. The average molecular weight is 351 g/mol. The molecule has 4 heteroatoms. The van der Waals surface area contributed by atoms with Crippen LogP contribution in [0.2, 0.25) is 0 Å². The standard InChI is InChI=1S/C21H19O3P/c1-2-17-11-9-10-16-20(17)21(24-25(22)23,18-12-5-3-6-13-18)19-14-7-4-8-15-19/h3-16H,2H2,1H3/p+1. The highest BCUT2D eigenvalue weighted by Crippen LogP contribution is 2.46. The SMILES string of the molecule is CCc1ccccc1C(O[P+](=O)O)(c1ccccc1)c1ccccc1. The van der Waals surface area contributed by atoms with Gasteiger partial charge < -0.3 is 0 Å². The molecule has 3 nitrogen and oxygen atoms in total. The fourth-order valence-corrected chi connectivity index (χ4v) is 3.81. The lowest BCUT2D eigenvalue weighted by molar-refractivity contribution is 0.144. The van der Waals surface area contributed by atoms with Crippen molar-refractivity contribution in [2.24, 2.45) is 0 Å². The summed E-state index contributed by atoms with van der Waals surface area (Å²) >= 11 is 0. The largest absolute Gasteiger partial charge is 0.696 e. The minimum absolute atomic E-state index is 0.795. The molecule has 1 atom stereocenters. The molecule has 0 aliphatic heterocycles. The van der Waals surface area contributed by atoms with Crippen molar-refractivity contribution < 1.29 is 14.0 Å². The summed E-state index contributed by atoms with van der Waals surface area (Å²) in [4.78, 5) is 9.72. The summed E-state index contributed by atoms with van der Waals surface area (Å²) in [6.07, 6.45) is 0.795. The van der Waals surface area contributed by atoms with E-state index in [1.54, 1.807) is 0 Å². The zero-order chi connectivity index (χ0) is 17.7. The van der Waals surface area contributed by atoms with Crippen molar-refractivity contribution in [1.82, 2.24) is 0 Å². The van der Waals surface area contributed by atoms with Gasteiger partial charge in [-0.1, -0.05) is 96.4 Å². The van der Waals surface area contributed by atoms with Crippen LogP contribution < -0.4 is 0 Å². The van der Waals surface area contributed by atoms with Crippen LogP contribution in [-0.4, -0.2) is 4.89 Å². The fraction of sp³-hybridized carbons (Fsp3) is 0.143. The number of rotatable bonds is 6. The highest BCUT2D eigenvalue weighted by atomic mass is 31.1. The Morgan fingerprint density at radius 2 is 1.32 bits per heavy atom. The van der Waals surface area contributed by atoms with Gasteiger partial charge in [0.25, 0.3) is 0 Å². The molecule has 1 unspecified atom stereocenters. The molecule has 0 saturated carbocycles. The van der Waals surface area contributed by atoms with Crippen LogP contribution in [0.5, 0.6) is 0 Å². The van der Waals surface area contributed by atoms with E-state index >= 15 is 0 Å². The zero-order valence-electron chi connectivity index (χ0n) is 14.0. The van der Waals surface area contributed by atoms with Crippen molar-refractivity contribution in [1.29, 1.82) is 0 Å². The van der Waals surface area contributed by atoms with Crippen LogP contribution >= 0.6 is 8.25 Å². The second kappa shape index (κ2) is 7.71. The maximum atomic E-state index is 11.9. The van der Waals surface area contributed by atoms with E-state index in [0.29, 0.717) is 0 Å². The molecular formula is C21H20O3P+. The highest BCUT2D eigenvalue weighted by molar-refractivity contribution is 7.32. The average Bonchev–Trinajstić information content (AvgIpc) is 2.67. The maximum absolute atomic E-state index is 11.9. The molecule has 0 aliphatic rings. The van der Waals surface area contributed by atoms with Crippen molar-refractivity contribution in [2.75, 3.05) is 0 Å². The van der Waals surface area contributed by atoms with Crippen molar-refractivity contribution in [3.63, 3.8) is 0 Å². The van der Waals surface area contributed by atoms with Gasteiger partial charge in [-0.15, -0.1) is 4.89 Å². The van der Waals surface area contributed by atoms with E-state index in [0.717, 1.165) is 28.7 Å². The molecule has 0 bridgehead atoms. The molecule has 126 valence electrons. The molecule has 0 spiro atoms. The third-order valence-corrected chi connectivity index (χ3v) is 4.78. The zero-order valence-corrected chi connectivity index (χ0v) is 14.9. The van der Waals surface area contributed by atoms with Gasteiger partial charge in [-0.3, -0.25) is 0 Å². The number of hydrogen-bond acceptors (Lipinski definition) is 2. The molecule has 0 fully saturated rings. The number of aryl methyl sites for hydroxylation is 1. The van der Waals surface area contributed by atoms with E-state index in [2.05, 4.69) is 6.92 Å². The quantitative estimate of drug-likeness (QED) is 0.490. The van der Waals surface area contributed by atoms with Crippen LogP contribution in [0, 0.1) is 0 Å². The third kappa shape index (κ3) is 3.40. The van der Waals surface area contributed by atoms with Crippen LogP contribution in [0.4, 0.5) is 0 Å². The lowest BCUT2D eigenvalue weighted by Gasteiger charge is -2.31. The summed E-state index contributed by atoms with van der Waals surface area (Å²) in [6.45, 7) is 2.07.